The Morgan fingerprint density at radius 3 is 2.44 bits per heavy atom. The fourth-order valence-electron chi connectivity index (χ4n) is 2.38. The highest BCUT2D eigenvalue weighted by atomic mass is 16.7. The van der Waals surface area contributed by atoms with Crippen molar-refractivity contribution in [2.45, 2.75) is 31.5 Å². The summed E-state index contributed by atoms with van der Waals surface area (Å²) < 4.78 is 11.3. The van der Waals surface area contributed by atoms with E-state index in [0.717, 1.165) is 52.1 Å². The van der Waals surface area contributed by atoms with E-state index in [1.54, 1.807) is 0 Å². The van der Waals surface area contributed by atoms with Crippen LogP contribution in [0.25, 0.3) is 0 Å². The van der Waals surface area contributed by atoms with E-state index in [1.165, 1.54) is 0 Å². The lowest BCUT2D eigenvalue weighted by molar-refractivity contribution is -0.185. The first-order valence-electron chi connectivity index (χ1n) is 5.99. The van der Waals surface area contributed by atoms with E-state index < -0.39 is 0 Å². The fraction of sp³-hybridized carbons (Fsp3) is 0.909. The van der Waals surface area contributed by atoms with Crippen LogP contribution in [0.3, 0.4) is 0 Å². The molecule has 0 radical (unpaired) electrons. The molecule has 1 spiro atoms. The number of hydrogen-bond acceptors (Lipinski definition) is 4. The number of primary amides is 1. The van der Waals surface area contributed by atoms with Crippen molar-refractivity contribution in [2.75, 3.05) is 32.8 Å². The number of amides is 1. The van der Waals surface area contributed by atoms with Crippen LogP contribution in [0, 0.1) is 0 Å². The molecule has 2 saturated heterocycles. The van der Waals surface area contributed by atoms with Gasteiger partial charge in [-0.25, -0.2) is 0 Å². The third-order valence-corrected chi connectivity index (χ3v) is 3.33. The van der Waals surface area contributed by atoms with Crippen LogP contribution in [0.5, 0.6) is 0 Å². The van der Waals surface area contributed by atoms with Crippen molar-refractivity contribution in [3.63, 3.8) is 0 Å². The molecule has 2 aliphatic heterocycles. The van der Waals surface area contributed by atoms with Gasteiger partial charge in [0, 0.05) is 32.4 Å². The third-order valence-electron chi connectivity index (χ3n) is 3.33. The van der Waals surface area contributed by atoms with Gasteiger partial charge in [-0.3, -0.25) is 4.79 Å². The Kier molecular flexibility index (Phi) is 3.78. The zero-order valence-corrected chi connectivity index (χ0v) is 9.61. The van der Waals surface area contributed by atoms with E-state index in [-0.39, 0.29) is 11.7 Å². The summed E-state index contributed by atoms with van der Waals surface area (Å²) in [6.07, 6.45) is 3.20. The number of nitrogens with two attached hydrogens (primary N) is 1. The van der Waals surface area contributed by atoms with Crippen molar-refractivity contribution in [3.05, 3.63) is 0 Å². The van der Waals surface area contributed by atoms with Crippen LogP contribution in [0.4, 0.5) is 0 Å². The van der Waals surface area contributed by atoms with Crippen LogP contribution in [0.15, 0.2) is 0 Å². The lowest BCUT2D eigenvalue weighted by Gasteiger charge is -2.37. The van der Waals surface area contributed by atoms with E-state index in [0.29, 0.717) is 6.42 Å². The molecule has 0 aliphatic carbocycles. The molecule has 0 atom stereocenters. The SMILES string of the molecule is NC(=O)CCCN1CCC2(CC1)OCCO2. The molecule has 2 aliphatic rings. The summed E-state index contributed by atoms with van der Waals surface area (Å²) in [5.74, 6) is -0.504. The second kappa shape index (κ2) is 5.12. The first-order valence-corrected chi connectivity index (χ1v) is 5.99. The second-order valence-corrected chi connectivity index (χ2v) is 4.52. The Morgan fingerprint density at radius 2 is 1.88 bits per heavy atom. The second-order valence-electron chi connectivity index (χ2n) is 4.52. The topological polar surface area (TPSA) is 64.8 Å². The summed E-state index contributed by atoms with van der Waals surface area (Å²) in [6.45, 7) is 4.36. The molecule has 92 valence electrons. The maximum atomic E-state index is 10.6. The first kappa shape index (κ1) is 11.8. The molecule has 2 heterocycles. The van der Waals surface area contributed by atoms with E-state index >= 15 is 0 Å². The molecule has 5 nitrogen and oxygen atoms in total. The van der Waals surface area contributed by atoms with Gasteiger partial charge in [-0.1, -0.05) is 0 Å². The summed E-state index contributed by atoms with van der Waals surface area (Å²) in [6, 6.07) is 0. The largest absolute Gasteiger partial charge is 0.370 e. The van der Waals surface area contributed by atoms with Gasteiger partial charge in [0.05, 0.1) is 13.2 Å². The highest BCUT2D eigenvalue weighted by Gasteiger charge is 2.39. The van der Waals surface area contributed by atoms with Gasteiger partial charge in [0.25, 0.3) is 0 Å². The minimum absolute atomic E-state index is 0.212. The van der Waals surface area contributed by atoms with Crippen LogP contribution in [0.2, 0.25) is 0 Å². The average Bonchev–Trinajstić information content (AvgIpc) is 2.70. The van der Waals surface area contributed by atoms with E-state index in [2.05, 4.69) is 4.90 Å². The van der Waals surface area contributed by atoms with Crippen LogP contribution in [0.1, 0.15) is 25.7 Å². The van der Waals surface area contributed by atoms with Gasteiger partial charge in [0.2, 0.25) is 5.91 Å². The normalized spacial score (nSPS) is 25.0. The minimum Gasteiger partial charge on any atom is -0.370 e. The van der Waals surface area contributed by atoms with E-state index in [9.17, 15) is 4.79 Å². The van der Waals surface area contributed by atoms with Gasteiger partial charge >= 0.3 is 0 Å². The molecule has 0 unspecified atom stereocenters. The summed E-state index contributed by atoms with van der Waals surface area (Å²) >= 11 is 0. The van der Waals surface area contributed by atoms with Crippen LogP contribution in [-0.4, -0.2) is 49.4 Å². The monoisotopic (exact) mass is 228 g/mol. The predicted octanol–water partition coefficient (Wildman–Crippen LogP) is 0.0908. The van der Waals surface area contributed by atoms with Gasteiger partial charge in [0.15, 0.2) is 5.79 Å². The molecule has 0 bridgehead atoms. The Morgan fingerprint density at radius 1 is 1.25 bits per heavy atom. The highest BCUT2D eigenvalue weighted by molar-refractivity contribution is 5.73. The van der Waals surface area contributed by atoms with Gasteiger partial charge < -0.3 is 20.1 Å². The maximum Gasteiger partial charge on any atom is 0.217 e. The van der Waals surface area contributed by atoms with Crippen molar-refractivity contribution < 1.29 is 14.3 Å². The number of nitrogens with zero attached hydrogens (tertiary/aromatic N) is 1. The average molecular weight is 228 g/mol. The van der Waals surface area contributed by atoms with Crippen molar-refractivity contribution in [3.8, 4) is 0 Å². The lowest BCUT2D eigenvalue weighted by atomic mass is 10.0. The molecule has 2 N–H and O–H groups in total. The smallest absolute Gasteiger partial charge is 0.217 e. The molecular formula is C11H20N2O3. The maximum absolute atomic E-state index is 10.6. The molecule has 0 aromatic rings. The van der Waals surface area contributed by atoms with Crippen LogP contribution < -0.4 is 5.73 Å². The minimum atomic E-state index is -0.291. The third kappa shape index (κ3) is 2.93. The van der Waals surface area contributed by atoms with E-state index in [4.69, 9.17) is 15.2 Å². The first-order chi connectivity index (χ1) is 7.70. The van der Waals surface area contributed by atoms with Crippen molar-refractivity contribution in [1.29, 1.82) is 0 Å². The molecule has 16 heavy (non-hydrogen) atoms. The Hall–Kier alpha value is -0.650. The number of piperidine rings is 1. The molecule has 5 heteroatoms. The summed E-state index contributed by atoms with van der Waals surface area (Å²) in [7, 11) is 0. The zero-order valence-electron chi connectivity index (χ0n) is 9.61. The number of likely N-dealkylation sites (tertiary alicyclic amines) is 1. The number of rotatable bonds is 4. The van der Waals surface area contributed by atoms with Crippen molar-refractivity contribution in [2.24, 2.45) is 5.73 Å². The fourth-order valence-corrected chi connectivity index (χ4v) is 2.38. The number of carbonyl (C=O) groups is 1. The van der Waals surface area contributed by atoms with Gasteiger partial charge in [-0.15, -0.1) is 0 Å². The molecule has 0 aromatic heterocycles. The number of ether oxygens (including phenoxy) is 2. The number of carbonyl (C=O) groups excluding carboxylic acids is 1. The van der Waals surface area contributed by atoms with Crippen LogP contribution in [-0.2, 0) is 14.3 Å². The predicted molar refractivity (Wildman–Crippen MR) is 58.7 cm³/mol. The van der Waals surface area contributed by atoms with Gasteiger partial charge in [-0.05, 0) is 13.0 Å². The molecule has 0 saturated carbocycles. The Balaban J connectivity index is 1.67. The standard InChI is InChI=1S/C11H20N2O3/c12-10(14)2-1-5-13-6-3-11(4-7-13)15-8-9-16-11/h1-9H2,(H2,12,14). The number of hydrogen-bond donors (Lipinski definition) is 1. The quantitative estimate of drug-likeness (QED) is 0.740. The molecule has 1 amide bonds. The molecule has 2 fully saturated rings. The molecule has 0 aromatic carbocycles. The van der Waals surface area contributed by atoms with Crippen molar-refractivity contribution in [1.82, 2.24) is 4.90 Å². The zero-order chi connectivity index (χ0) is 11.4. The summed E-state index contributed by atoms with van der Waals surface area (Å²) in [4.78, 5) is 13.0. The van der Waals surface area contributed by atoms with Gasteiger partial charge in [-0.2, -0.15) is 0 Å². The molecule has 2 rings (SSSR count). The Bertz CT molecular complexity index is 242. The highest BCUT2D eigenvalue weighted by Crippen LogP contribution is 2.31. The summed E-state index contributed by atoms with van der Waals surface area (Å²) in [5.41, 5.74) is 5.11. The van der Waals surface area contributed by atoms with E-state index in [1.807, 2.05) is 0 Å². The van der Waals surface area contributed by atoms with Crippen molar-refractivity contribution >= 4 is 5.91 Å². The van der Waals surface area contributed by atoms with Crippen LogP contribution >= 0.6 is 0 Å². The lowest BCUT2D eigenvalue weighted by Crippen LogP contribution is -2.45. The van der Waals surface area contributed by atoms with Gasteiger partial charge in [0.1, 0.15) is 0 Å². The Labute approximate surface area is 95.9 Å². The molecular weight excluding hydrogens is 208 g/mol. The summed E-state index contributed by atoms with van der Waals surface area (Å²) in [5, 5.41) is 0.